The quantitative estimate of drug-likeness (QED) is 0.843. The molecule has 2 amide bonds. The number of pyridine rings is 1. The molecule has 1 atom stereocenters. The van der Waals surface area contributed by atoms with Crippen LogP contribution in [0.4, 0.5) is 0 Å². The number of likely N-dealkylation sites (tertiary alicyclic amines) is 1. The lowest BCUT2D eigenvalue weighted by Crippen LogP contribution is -2.31. The van der Waals surface area contributed by atoms with Crippen molar-refractivity contribution in [3.63, 3.8) is 0 Å². The van der Waals surface area contributed by atoms with Crippen molar-refractivity contribution in [2.75, 3.05) is 6.54 Å². The number of rotatable bonds is 6. The number of amides is 2. The second kappa shape index (κ2) is 9.15. The van der Waals surface area contributed by atoms with Crippen molar-refractivity contribution in [2.24, 2.45) is 5.92 Å². The highest BCUT2D eigenvalue weighted by Crippen LogP contribution is 2.33. The summed E-state index contributed by atoms with van der Waals surface area (Å²) in [5.74, 6) is 0.970. The third kappa shape index (κ3) is 5.05. The zero-order valence-electron chi connectivity index (χ0n) is 15.9. The third-order valence-corrected chi connectivity index (χ3v) is 5.75. The molecule has 2 fully saturated rings. The Morgan fingerprint density at radius 1 is 1.15 bits per heavy atom. The molecule has 1 N–H and O–H groups in total. The van der Waals surface area contributed by atoms with Crippen LogP contribution in [-0.2, 0) is 16.1 Å². The van der Waals surface area contributed by atoms with Gasteiger partial charge in [-0.25, -0.2) is 0 Å². The van der Waals surface area contributed by atoms with E-state index in [2.05, 4.69) is 5.32 Å². The number of nitrogens with zero attached hydrogens (tertiary/aromatic N) is 2. The van der Waals surface area contributed by atoms with Crippen LogP contribution in [0.25, 0.3) is 0 Å². The van der Waals surface area contributed by atoms with Gasteiger partial charge in [0.05, 0.1) is 24.0 Å². The molecule has 1 aromatic heterocycles. The van der Waals surface area contributed by atoms with Crippen LogP contribution >= 0.6 is 0 Å². The second-order valence-electron chi connectivity index (χ2n) is 7.75. The highest BCUT2D eigenvalue weighted by molar-refractivity contribution is 5.77. The van der Waals surface area contributed by atoms with E-state index < -0.39 is 0 Å². The summed E-state index contributed by atoms with van der Waals surface area (Å²) in [5.41, 5.74) is 1.80. The normalized spacial score (nSPS) is 21.0. The molecular weight excluding hydrogens is 326 g/mol. The minimum atomic E-state index is -0.0578. The molecular formula is C21H31N3O2. The average molecular weight is 357 g/mol. The molecule has 1 aliphatic heterocycles. The Labute approximate surface area is 156 Å². The molecule has 5 heteroatoms. The molecule has 2 aliphatic rings. The Kier molecular flexibility index (Phi) is 6.64. The zero-order chi connectivity index (χ0) is 18.4. The van der Waals surface area contributed by atoms with Crippen LogP contribution in [0, 0.1) is 5.92 Å². The van der Waals surface area contributed by atoms with Gasteiger partial charge >= 0.3 is 0 Å². The molecule has 1 saturated heterocycles. The van der Waals surface area contributed by atoms with Crippen LogP contribution in [-0.4, -0.2) is 28.2 Å². The number of carbonyl (C=O) groups excluding carboxylic acids is 2. The molecule has 142 valence electrons. The molecule has 1 aliphatic carbocycles. The molecule has 1 aromatic rings. The summed E-state index contributed by atoms with van der Waals surface area (Å²) in [5, 5.41) is 2.79. The summed E-state index contributed by atoms with van der Waals surface area (Å²) in [6, 6.07) is 5.99. The molecule has 3 rings (SSSR count). The van der Waals surface area contributed by atoms with Gasteiger partial charge in [0.15, 0.2) is 0 Å². The molecule has 5 nitrogen and oxygen atoms in total. The van der Waals surface area contributed by atoms with Crippen molar-refractivity contribution in [1.82, 2.24) is 15.2 Å². The smallest absolute Gasteiger partial charge is 0.223 e. The molecule has 0 aromatic carbocycles. The van der Waals surface area contributed by atoms with Gasteiger partial charge in [0.1, 0.15) is 0 Å². The first kappa shape index (κ1) is 18.9. The van der Waals surface area contributed by atoms with Crippen molar-refractivity contribution in [1.29, 1.82) is 0 Å². The van der Waals surface area contributed by atoms with Crippen LogP contribution in [0.2, 0.25) is 0 Å². The molecule has 0 unspecified atom stereocenters. The fourth-order valence-corrected chi connectivity index (χ4v) is 4.32. The summed E-state index contributed by atoms with van der Waals surface area (Å²) in [6.45, 7) is 2.78. The fraction of sp³-hybridized carbons (Fsp3) is 0.667. The number of carbonyl (C=O) groups is 2. The predicted octanol–water partition coefficient (Wildman–Crippen LogP) is 3.74. The molecule has 0 radical (unpaired) electrons. The lowest BCUT2D eigenvalue weighted by Gasteiger charge is -2.26. The first-order valence-corrected chi connectivity index (χ1v) is 10.1. The Morgan fingerprint density at radius 2 is 1.96 bits per heavy atom. The number of nitrogens with one attached hydrogen (secondary N) is 1. The maximum Gasteiger partial charge on any atom is 0.223 e. The van der Waals surface area contributed by atoms with E-state index in [0.717, 1.165) is 43.1 Å². The van der Waals surface area contributed by atoms with Crippen molar-refractivity contribution in [2.45, 2.75) is 77.3 Å². The number of aromatic nitrogens is 1. The lowest BCUT2D eigenvalue weighted by atomic mass is 9.86. The molecule has 1 saturated carbocycles. The Hall–Kier alpha value is -1.91. The maximum absolute atomic E-state index is 12.8. The summed E-state index contributed by atoms with van der Waals surface area (Å²) in [7, 11) is 0. The van der Waals surface area contributed by atoms with Gasteiger partial charge in [-0.2, -0.15) is 0 Å². The van der Waals surface area contributed by atoms with E-state index in [1.54, 1.807) is 0 Å². The van der Waals surface area contributed by atoms with Gasteiger partial charge in [-0.15, -0.1) is 0 Å². The van der Waals surface area contributed by atoms with Gasteiger partial charge in [0.25, 0.3) is 0 Å². The van der Waals surface area contributed by atoms with Crippen molar-refractivity contribution >= 4 is 11.8 Å². The van der Waals surface area contributed by atoms with E-state index in [4.69, 9.17) is 4.98 Å². The van der Waals surface area contributed by atoms with Crippen LogP contribution in [0.3, 0.4) is 0 Å². The van der Waals surface area contributed by atoms with Crippen LogP contribution < -0.4 is 5.32 Å². The van der Waals surface area contributed by atoms with Crippen LogP contribution in [0.15, 0.2) is 18.2 Å². The highest BCUT2D eigenvalue weighted by atomic mass is 16.2. The monoisotopic (exact) mass is 357 g/mol. The minimum absolute atomic E-state index is 0.0578. The first-order valence-electron chi connectivity index (χ1n) is 10.1. The van der Waals surface area contributed by atoms with Gasteiger partial charge < -0.3 is 10.2 Å². The number of hydrogen-bond acceptors (Lipinski definition) is 3. The summed E-state index contributed by atoms with van der Waals surface area (Å²) < 4.78 is 0. The second-order valence-corrected chi connectivity index (χ2v) is 7.75. The summed E-state index contributed by atoms with van der Waals surface area (Å²) in [6.07, 6.45) is 10.3. The van der Waals surface area contributed by atoms with E-state index in [-0.39, 0.29) is 17.9 Å². The lowest BCUT2D eigenvalue weighted by molar-refractivity contribution is -0.132. The molecule has 26 heavy (non-hydrogen) atoms. The van der Waals surface area contributed by atoms with Gasteiger partial charge in [0, 0.05) is 19.9 Å². The van der Waals surface area contributed by atoms with Gasteiger partial charge in [-0.3, -0.25) is 14.6 Å². The van der Waals surface area contributed by atoms with Gasteiger partial charge in [-0.1, -0.05) is 38.2 Å². The van der Waals surface area contributed by atoms with Crippen molar-refractivity contribution < 1.29 is 9.59 Å². The standard InChI is InChI=1S/C21H31N3O2/c1-16(25)22-15-18-9-5-10-19(23-18)20-11-6-14-24(20)21(26)13-12-17-7-3-2-4-8-17/h5,9-10,17,20H,2-4,6-8,11-15H2,1H3,(H,22,25)/t20-/m0/s1. The van der Waals surface area contributed by atoms with Crippen molar-refractivity contribution in [3.05, 3.63) is 29.6 Å². The number of hydrogen-bond donors (Lipinski definition) is 1. The zero-order valence-corrected chi connectivity index (χ0v) is 15.9. The Balaban J connectivity index is 1.59. The summed E-state index contributed by atoms with van der Waals surface area (Å²) >= 11 is 0. The maximum atomic E-state index is 12.8. The highest BCUT2D eigenvalue weighted by Gasteiger charge is 2.31. The van der Waals surface area contributed by atoms with Gasteiger partial charge in [0.2, 0.25) is 11.8 Å². The topological polar surface area (TPSA) is 62.3 Å². The SMILES string of the molecule is CC(=O)NCc1cccc([C@@H]2CCCN2C(=O)CCC2CCCCC2)n1. The molecule has 0 spiro atoms. The van der Waals surface area contributed by atoms with E-state index >= 15 is 0 Å². The molecule has 0 bridgehead atoms. The van der Waals surface area contributed by atoms with Crippen molar-refractivity contribution in [3.8, 4) is 0 Å². The van der Waals surface area contributed by atoms with E-state index in [9.17, 15) is 9.59 Å². The Morgan fingerprint density at radius 3 is 2.73 bits per heavy atom. The fourth-order valence-electron chi connectivity index (χ4n) is 4.32. The summed E-state index contributed by atoms with van der Waals surface area (Å²) in [4.78, 5) is 30.7. The van der Waals surface area contributed by atoms with Crippen LogP contribution in [0.1, 0.15) is 82.1 Å². The van der Waals surface area contributed by atoms with E-state index in [1.807, 2.05) is 23.1 Å². The predicted molar refractivity (Wildman–Crippen MR) is 101 cm³/mol. The van der Waals surface area contributed by atoms with Gasteiger partial charge in [-0.05, 0) is 37.3 Å². The minimum Gasteiger partial charge on any atom is -0.351 e. The third-order valence-electron chi connectivity index (χ3n) is 5.75. The van der Waals surface area contributed by atoms with E-state index in [0.29, 0.717) is 13.0 Å². The average Bonchev–Trinajstić information content (AvgIpc) is 3.15. The first-order chi connectivity index (χ1) is 12.6. The van der Waals surface area contributed by atoms with E-state index in [1.165, 1.54) is 39.0 Å². The molecule has 2 heterocycles. The van der Waals surface area contributed by atoms with Crippen LogP contribution in [0.5, 0.6) is 0 Å². The Bertz CT molecular complexity index is 625. The largest absolute Gasteiger partial charge is 0.351 e.